The minimum atomic E-state index is 0.377. The number of carbonyl (C=O) groups excluding carboxylic acids is 1. The number of nitrogens with zero attached hydrogens (tertiary/aromatic N) is 1. The van der Waals surface area contributed by atoms with Crippen LogP contribution in [0.4, 0.5) is 0 Å². The molecule has 0 bridgehead atoms. The first-order valence-electron chi connectivity index (χ1n) is 9.81. The lowest BCUT2D eigenvalue weighted by Crippen LogP contribution is -2.45. The van der Waals surface area contributed by atoms with Crippen molar-refractivity contribution in [2.45, 2.75) is 83.2 Å². The van der Waals surface area contributed by atoms with Crippen LogP contribution in [0.25, 0.3) is 0 Å². The number of hydrogen-bond acceptors (Lipinski definition) is 2. The molecule has 2 saturated carbocycles. The smallest absolute Gasteiger partial charge is 0.223 e. The van der Waals surface area contributed by atoms with Crippen molar-refractivity contribution < 1.29 is 9.53 Å². The van der Waals surface area contributed by atoms with E-state index in [4.69, 9.17) is 4.74 Å². The maximum absolute atomic E-state index is 13.0. The van der Waals surface area contributed by atoms with Crippen LogP contribution in [-0.4, -0.2) is 29.5 Å². The van der Waals surface area contributed by atoms with E-state index in [1.807, 2.05) is 19.1 Å². The fourth-order valence-corrected chi connectivity index (χ4v) is 4.37. The van der Waals surface area contributed by atoms with Gasteiger partial charge in [0.15, 0.2) is 0 Å². The topological polar surface area (TPSA) is 29.5 Å². The van der Waals surface area contributed by atoms with Gasteiger partial charge in [-0.25, -0.2) is 0 Å². The summed E-state index contributed by atoms with van der Waals surface area (Å²) in [6.45, 7) is 2.68. The number of amides is 1. The van der Waals surface area contributed by atoms with E-state index in [0.717, 1.165) is 12.2 Å². The number of hydrogen-bond donors (Lipinski definition) is 0. The zero-order chi connectivity index (χ0) is 16.8. The summed E-state index contributed by atoms with van der Waals surface area (Å²) in [5.74, 6) is 1.29. The molecule has 2 aliphatic rings. The summed E-state index contributed by atoms with van der Waals surface area (Å²) >= 11 is 0. The molecule has 0 heterocycles. The SMILES string of the molecule is CCOc1ccc(CCC(=O)N(C2CCCC2)C2CCCC2)cc1. The predicted octanol–water partition coefficient (Wildman–Crippen LogP) is 4.73. The molecule has 0 aliphatic heterocycles. The summed E-state index contributed by atoms with van der Waals surface area (Å²) < 4.78 is 5.48. The van der Waals surface area contributed by atoms with Crippen molar-refractivity contribution in [3.8, 4) is 5.75 Å². The van der Waals surface area contributed by atoms with E-state index in [-0.39, 0.29) is 0 Å². The minimum Gasteiger partial charge on any atom is -0.494 e. The highest BCUT2D eigenvalue weighted by atomic mass is 16.5. The van der Waals surface area contributed by atoms with E-state index in [1.54, 1.807) is 0 Å². The highest BCUT2D eigenvalue weighted by Gasteiger charge is 2.33. The molecule has 0 atom stereocenters. The second-order valence-corrected chi connectivity index (χ2v) is 7.25. The van der Waals surface area contributed by atoms with Crippen LogP contribution in [0.2, 0.25) is 0 Å². The van der Waals surface area contributed by atoms with Gasteiger partial charge in [0.2, 0.25) is 5.91 Å². The average Bonchev–Trinajstić information content (AvgIpc) is 3.29. The van der Waals surface area contributed by atoms with Gasteiger partial charge in [0.05, 0.1) is 6.61 Å². The average molecular weight is 329 g/mol. The molecule has 24 heavy (non-hydrogen) atoms. The number of ether oxygens (including phenoxy) is 1. The van der Waals surface area contributed by atoms with Crippen molar-refractivity contribution in [3.63, 3.8) is 0 Å². The number of benzene rings is 1. The first kappa shape index (κ1) is 17.3. The Morgan fingerprint density at radius 2 is 1.54 bits per heavy atom. The predicted molar refractivity (Wildman–Crippen MR) is 97.3 cm³/mol. The Balaban J connectivity index is 1.58. The van der Waals surface area contributed by atoms with Crippen molar-refractivity contribution in [1.29, 1.82) is 0 Å². The standard InChI is InChI=1S/C21H31NO2/c1-2-24-20-14-11-17(12-15-20)13-16-21(23)22(18-7-3-4-8-18)19-9-5-6-10-19/h11-12,14-15,18-19H,2-10,13,16H2,1H3. The van der Waals surface area contributed by atoms with Crippen LogP contribution in [-0.2, 0) is 11.2 Å². The van der Waals surface area contributed by atoms with E-state index < -0.39 is 0 Å². The fourth-order valence-electron chi connectivity index (χ4n) is 4.37. The van der Waals surface area contributed by atoms with E-state index in [1.165, 1.54) is 56.9 Å². The highest BCUT2D eigenvalue weighted by molar-refractivity contribution is 5.77. The van der Waals surface area contributed by atoms with Gasteiger partial charge in [-0.1, -0.05) is 37.8 Å². The summed E-state index contributed by atoms with van der Waals surface area (Å²) in [7, 11) is 0. The second-order valence-electron chi connectivity index (χ2n) is 7.25. The van der Waals surface area contributed by atoms with Crippen molar-refractivity contribution >= 4 is 5.91 Å². The molecule has 0 saturated heterocycles. The molecular formula is C21H31NO2. The summed E-state index contributed by atoms with van der Waals surface area (Å²) in [4.78, 5) is 15.3. The zero-order valence-corrected chi connectivity index (χ0v) is 15.0. The first-order chi connectivity index (χ1) is 11.8. The van der Waals surface area contributed by atoms with Crippen LogP contribution in [0.5, 0.6) is 5.75 Å². The molecule has 2 aliphatic carbocycles. The van der Waals surface area contributed by atoms with Crippen LogP contribution in [0.3, 0.4) is 0 Å². The Morgan fingerprint density at radius 3 is 2.04 bits per heavy atom. The lowest BCUT2D eigenvalue weighted by molar-refractivity contribution is -0.136. The van der Waals surface area contributed by atoms with Crippen LogP contribution in [0.1, 0.15) is 70.3 Å². The van der Waals surface area contributed by atoms with E-state index >= 15 is 0 Å². The molecule has 0 aromatic heterocycles. The monoisotopic (exact) mass is 329 g/mol. The Labute approximate surface area is 146 Å². The molecule has 3 heteroatoms. The molecule has 1 amide bonds. The maximum Gasteiger partial charge on any atom is 0.223 e. The maximum atomic E-state index is 13.0. The van der Waals surface area contributed by atoms with Crippen molar-refractivity contribution in [3.05, 3.63) is 29.8 Å². The molecule has 3 nitrogen and oxygen atoms in total. The zero-order valence-electron chi connectivity index (χ0n) is 15.0. The Morgan fingerprint density at radius 1 is 1.00 bits per heavy atom. The molecule has 0 unspecified atom stereocenters. The van der Waals surface area contributed by atoms with Crippen LogP contribution in [0.15, 0.2) is 24.3 Å². The molecule has 0 spiro atoms. The number of rotatable bonds is 7. The van der Waals surface area contributed by atoms with Gasteiger partial charge in [-0.3, -0.25) is 4.79 Å². The Bertz CT molecular complexity index is 497. The summed E-state index contributed by atoms with van der Waals surface area (Å²) in [5, 5.41) is 0. The van der Waals surface area contributed by atoms with Crippen molar-refractivity contribution in [2.75, 3.05) is 6.61 Å². The summed E-state index contributed by atoms with van der Waals surface area (Å²) in [6, 6.07) is 9.23. The van der Waals surface area contributed by atoms with Gasteiger partial charge in [0.25, 0.3) is 0 Å². The minimum absolute atomic E-state index is 0.377. The normalized spacial score (nSPS) is 18.9. The van der Waals surface area contributed by atoms with Gasteiger partial charge in [-0.2, -0.15) is 0 Å². The fraction of sp³-hybridized carbons (Fsp3) is 0.667. The number of aryl methyl sites for hydroxylation is 1. The quantitative estimate of drug-likeness (QED) is 0.723. The van der Waals surface area contributed by atoms with Crippen molar-refractivity contribution in [2.24, 2.45) is 0 Å². The third-order valence-corrected chi connectivity index (χ3v) is 5.59. The van der Waals surface area contributed by atoms with Gasteiger partial charge in [-0.05, 0) is 56.7 Å². The van der Waals surface area contributed by atoms with Crippen LogP contribution < -0.4 is 4.74 Å². The number of carbonyl (C=O) groups is 1. The molecule has 3 rings (SSSR count). The summed E-state index contributed by atoms with van der Waals surface area (Å²) in [5.41, 5.74) is 1.23. The lowest BCUT2D eigenvalue weighted by atomic mass is 10.0. The van der Waals surface area contributed by atoms with Gasteiger partial charge >= 0.3 is 0 Å². The second kappa shape index (κ2) is 8.55. The van der Waals surface area contributed by atoms with Gasteiger partial charge in [-0.15, -0.1) is 0 Å². The molecule has 1 aromatic carbocycles. The van der Waals surface area contributed by atoms with Crippen LogP contribution in [0, 0.1) is 0 Å². The third-order valence-electron chi connectivity index (χ3n) is 5.59. The first-order valence-corrected chi connectivity index (χ1v) is 9.81. The van der Waals surface area contributed by atoms with E-state index in [0.29, 0.717) is 31.0 Å². The largest absolute Gasteiger partial charge is 0.494 e. The molecule has 132 valence electrons. The molecule has 2 fully saturated rings. The van der Waals surface area contributed by atoms with Gasteiger partial charge in [0, 0.05) is 18.5 Å². The molecule has 0 radical (unpaired) electrons. The summed E-state index contributed by atoms with van der Waals surface area (Å²) in [6.07, 6.45) is 11.5. The lowest BCUT2D eigenvalue weighted by Gasteiger charge is -2.35. The van der Waals surface area contributed by atoms with Crippen molar-refractivity contribution in [1.82, 2.24) is 4.90 Å². The van der Waals surface area contributed by atoms with Gasteiger partial charge in [0.1, 0.15) is 5.75 Å². The molecular weight excluding hydrogens is 298 g/mol. The third kappa shape index (κ3) is 4.31. The van der Waals surface area contributed by atoms with E-state index in [9.17, 15) is 4.79 Å². The van der Waals surface area contributed by atoms with E-state index in [2.05, 4.69) is 17.0 Å². The highest BCUT2D eigenvalue weighted by Crippen LogP contribution is 2.32. The molecule has 0 N–H and O–H groups in total. The Kier molecular flexibility index (Phi) is 6.17. The van der Waals surface area contributed by atoms with Crippen LogP contribution >= 0.6 is 0 Å². The molecule has 1 aromatic rings. The Hall–Kier alpha value is -1.51. The van der Waals surface area contributed by atoms with Gasteiger partial charge < -0.3 is 9.64 Å².